The van der Waals surface area contributed by atoms with Gasteiger partial charge >= 0.3 is 0 Å². The summed E-state index contributed by atoms with van der Waals surface area (Å²) in [6, 6.07) is 1.45. The largest absolute Gasteiger partial charge is 0.346 e. The van der Waals surface area contributed by atoms with Crippen molar-refractivity contribution in [3.63, 3.8) is 0 Å². The number of aryl methyl sites for hydroxylation is 1. The van der Waals surface area contributed by atoms with Crippen molar-refractivity contribution in [2.45, 2.75) is 33.4 Å². The zero-order chi connectivity index (χ0) is 15.3. The van der Waals surface area contributed by atoms with Crippen LogP contribution in [0.15, 0.2) is 11.4 Å². The molecule has 0 radical (unpaired) electrons. The number of hydrogen-bond acceptors (Lipinski definition) is 4. The van der Waals surface area contributed by atoms with Crippen LogP contribution < -0.4 is 11.1 Å². The van der Waals surface area contributed by atoms with Gasteiger partial charge in [0, 0.05) is 11.9 Å². The van der Waals surface area contributed by atoms with Crippen LogP contribution in [-0.2, 0) is 16.1 Å². The Labute approximate surface area is 124 Å². The molecule has 0 aromatic carbocycles. The smallest absolute Gasteiger partial charge is 0.242 e. The van der Waals surface area contributed by atoms with Crippen molar-refractivity contribution < 1.29 is 9.59 Å². The molecule has 20 heavy (non-hydrogen) atoms. The third-order valence-corrected chi connectivity index (χ3v) is 4.22. The Kier molecular flexibility index (Phi) is 6.16. The summed E-state index contributed by atoms with van der Waals surface area (Å²) in [4.78, 5) is 26.4. The molecule has 2 amide bonds. The molecule has 112 valence electrons. The van der Waals surface area contributed by atoms with E-state index in [1.807, 2.05) is 32.2 Å². The quantitative estimate of drug-likeness (QED) is 0.826. The maximum Gasteiger partial charge on any atom is 0.242 e. The molecular formula is C14H23N3O2S. The first-order valence-corrected chi connectivity index (χ1v) is 7.51. The third kappa shape index (κ3) is 4.61. The van der Waals surface area contributed by atoms with Gasteiger partial charge in [0.25, 0.3) is 0 Å². The van der Waals surface area contributed by atoms with Crippen LogP contribution in [0.1, 0.15) is 24.3 Å². The predicted octanol–water partition coefficient (Wildman–Crippen LogP) is 1.11. The number of likely N-dealkylation sites (N-methyl/N-ethyl adjacent to an activating group) is 1. The van der Waals surface area contributed by atoms with Crippen molar-refractivity contribution >= 4 is 23.2 Å². The second kappa shape index (κ2) is 7.40. The van der Waals surface area contributed by atoms with E-state index < -0.39 is 6.04 Å². The van der Waals surface area contributed by atoms with Crippen LogP contribution in [0.2, 0.25) is 0 Å². The zero-order valence-corrected chi connectivity index (χ0v) is 13.3. The number of hydrogen-bond donors (Lipinski definition) is 2. The van der Waals surface area contributed by atoms with E-state index in [0.717, 1.165) is 4.88 Å². The molecule has 1 heterocycles. The predicted molar refractivity (Wildman–Crippen MR) is 81.4 cm³/mol. The number of nitrogens with one attached hydrogen (secondary N) is 1. The van der Waals surface area contributed by atoms with Crippen molar-refractivity contribution in [1.82, 2.24) is 10.2 Å². The molecule has 0 aliphatic carbocycles. The van der Waals surface area contributed by atoms with Gasteiger partial charge < -0.3 is 16.0 Å². The van der Waals surface area contributed by atoms with Gasteiger partial charge in [-0.15, -0.1) is 11.3 Å². The maximum atomic E-state index is 12.0. The van der Waals surface area contributed by atoms with Crippen molar-refractivity contribution in [3.8, 4) is 0 Å². The van der Waals surface area contributed by atoms with Crippen molar-refractivity contribution in [2.75, 3.05) is 13.6 Å². The monoisotopic (exact) mass is 297 g/mol. The molecule has 0 unspecified atom stereocenters. The molecule has 5 nitrogen and oxygen atoms in total. The minimum absolute atomic E-state index is 0.0137. The molecule has 0 saturated heterocycles. The van der Waals surface area contributed by atoms with E-state index in [-0.39, 0.29) is 24.3 Å². The molecule has 0 fully saturated rings. The fraction of sp³-hybridized carbons (Fsp3) is 0.571. The van der Waals surface area contributed by atoms with Gasteiger partial charge in [0.15, 0.2) is 0 Å². The van der Waals surface area contributed by atoms with Crippen molar-refractivity contribution in [3.05, 3.63) is 21.9 Å². The molecular weight excluding hydrogens is 274 g/mol. The Morgan fingerprint density at radius 1 is 1.45 bits per heavy atom. The molecule has 1 rings (SSSR count). The minimum atomic E-state index is -0.576. The van der Waals surface area contributed by atoms with Crippen molar-refractivity contribution in [2.24, 2.45) is 11.7 Å². The normalized spacial score (nSPS) is 12.3. The zero-order valence-electron chi connectivity index (χ0n) is 12.5. The van der Waals surface area contributed by atoms with Crippen LogP contribution in [0.5, 0.6) is 0 Å². The molecule has 0 bridgehead atoms. The standard InChI is InChI=1S/C14H23N3O2S/c1-9(2)13(15)14(19)16-7-12(18)17(4)8-11-10(3)5-6-20-11/h5-6,9,13H,7-8,15H2,1-4H3,(H,16,19)/t13-/m0/s1. The highest BCUT2D eigenvalue weighted by atomic mass is 32.1. The van der Waals surface area contributed by atoms with Gasteiger partial charge in [-0.1, -0.05) is 13.8 Å². The van der Waals surface area contributed by atoms with Crippen molar-refractivity contribution in [1.29, 1.82) is 0 Å². The molecule has 0 aliphatic heterocycles. The summed E-state index contributed by atoms with van der Waals surface area (Å²) in [6.45, 7) is 6.32. The lowest BCUT2D eigenvalue weighted by Gasteiger charge is -2.19. The third-order valence-electron chi connectivity index (χ3n) is 3.21. The van der Waals surface area contributed by atoms with E-state index in [9.17, 15) is 9.59 Å². The summed E-state index contributed by atoms with van der Waals surface area (Å²) in [6.07, 6.45) is 0. The lowest BCUT2D eigenvalue weighted by atomic mass is 10.1. The van der Waals surface area contributed by atoms with Crippen LogP contribution >= 0.6 is 11.3 Å². The second-order valence-corrected chi connectivity index (χ2v) is 6.26. The average Bonchev–Trinajstić information content (AvgIpc) is 2.79. The number of amides is 2. The summed E-state index contributed by atoms with van der Waals surface area (Å²) in [5, 5.41) is 4.59. The van der Waals surface area contributed by atoms with Gasteiger partial charge in [0.1, 0.15) is 0 Å². The lowest BCUT2D eigenvalue weighted by Crippen LogP contribution is -2.47. The van der Waals surface area contributed by atoms with E-state index >= 15 is 0 Å². The van der Waals surface area contributed by atoms with Crippen LogP contribution in [0, 0.1) is 12.8 Å². The SMILES string of the molecule is Cc1ccsc1CN(C)C(=O)CNC(=O)[C@@H](N)C(C)C. The molecule has 1 aromatic rings. The molecule has 0 aliphatic rings. The molecule has 1 aromatic heterocycles. The van der Waals surface area contributed by atoms with Gasteiger partial charge in [-0.2, -0.15) is 0 Å². The first kappa shape index (κ1) is 16.7. The van der Waals surface area contributed by atoms with E-state index in [1.54, 1.807) is 23.3 Å². The first-order valence-electron chi connectivity index (χ1n) is 6.63. The number of rotatable bonds is 6. The van der Waals surface area contributed by atoms with Gasteiger partial charge in [-0.25, -0.2) is 0 Å². The number of nitrogens with two attached hydrogens (primary N) is 1. The molecule has 0 saturated carbocycles. The van der Waals surface area contributed by atoms with E-state index in [2.05, 4.69) is 5.32 Å². The summed E-state index contributed by atoms with van der Waals surface area (Å²) >= 11 is 1.63. The second-order valence-electron chi connectivity index (χ2n) is 5.26. The Morgan fingerprint density at radius 2 is 2.10 bits per heavy atom. The minimum Gasteiger partial charge on any atom is -0.346 e. The van der Waals surface area contributed by atoms with Crippen LogP contribution in [0.3, 0.4) is 0 Å². The summed E-state index contributed by atoms with van der Waals surface area (Å²) in [5.41, 5.74) is 6.90. The summed E-state index contributed by atoms with van der Waals surface area (Å²) < 4.78 is 0. The van der Waals surface area contributed by atoms with Crippen LogP contribution in [0.25, 0.3) is 0 Å². The topological polar surface area (TPSA) is 75.4 Å². The first-order chi connectivity index (χ1) is 9.32. The maximum absolute atomic E-state index is 12.0. The van der Waals surface area contributed by atoms with E-state index in [4.69, 9.17) is 5.73 Å². The van der Waals surface area contributed by atoms with Crippen LogP contribution in [0.4, 0.5) is 0 Å². The molecule has 0 spiro atoms. The lowest BCUT2D eigenvalue weighted by molar-refractivity contribution is -0.132. The van der Waals surface area contributed by atoms with Gasteiger partial charge in [-0.3, -0.25) is 9.59 Å². The Hall–Kier alpha value is -1.40. The highest BCUT2D eigenvalue weighted by Crippen LogP contribution is 2.17. The number of thiophene rings is 1. The van der Waals surface area contributed by atoms with Gasteiger partial charge in [0.05, 0.1) is 19.1 Å². The number of carbonyl (C=O) groups is 2. The molecule has 3 N–H and O–H groups in total. The fourth-order valence-electron chi connectivity index (χ4n) is 1.59. The highest BCUT2D eigenvalue weighted by molar-refractivity contribution is 7.10. The summed E-state index contributed by atoms with van der Waals surface area (Å²) in [7, 11) is 1.73. The van der Waals surface area contributed by atoms with Crippen LogP contribution in [-0.4, -0.2) is 36.3 Å². The highest BCUT2D eigenvalue weighted by Gasteiger charge is 2.18. The van der Waals surface area contributed by atoms with Gasteiger partial charge in [-0.05, 0) is 29.9 Å². The van der Waals surface area contributed by atoms with E-state index in [0.29, 0.717) is 6.54 Å². The number of carbonyl (C=O) groups excluding carboxylic acids is 2. The Morgan fingerprint density at radius 3 is 2.60 bits per heavy atom. The Bertz CT molecular complexity index is 471. The van der Waals surface area contributed by atoms with Gasteiger partial charge in [0.2, 0.25) is 11.8 Å². The summed E-state index contributed by atoms with van der Waals surface area (Å²) in [5.74, 6) is -0.354. The molecule has 6 heteroatoms. The average molecular weight is 297 g/mol. The van der Waals surface area contributed by atoms with E-state index in [1.165, 1.54) is 5.56 Å². The fourth-order valence-corrected chi connectivity index (χ4v) is 2.55. The number of nitrogens with zero attached hydrogens (tertiary/aromatic N) is 1. The Balaban J connectivity index is 2.43. The molecule has 1 atom stereocenters.